The predicted octanol–water partition coefficient (Wildman–Crippen LogP) is 1.67. The van der Waals surface area contributed by atoms with E-state index < -0.39 is 11.6 Å². The van der Waals surface area contributed by atoms with Crippen molar-refractivity contribution in [3.8, 4) is 0 Å². The summed E-state index contributed by atoms with van der Waals surface area (Å²) in [7, 11) is 0. The van der Waals surface area contributed by atoms with Crippen LogP contribution in [0.15, 0.2) is 6.07 Å². The quantitative estimate of drug-likeness (QED) is 0.865. The Morgan fingerprint density at radius 3 is 2.91 bits per heavy atom. The average molecular weight is 310 g/mol. The van der Waals surface area contributed by atoms with Crippen molar-refractivity contribution in [2.45, 2.75) is 59.0 Å². The van der Waals surface area contributed by atoms with Gasteiger partial charge in [0.05, 0.1) is 37.2 Å². The van der Waals surface area contributed by atoms with Crippen LogP contribution in [-0.2, 0) is 24.4 Å². The van der Waals surface area contributed by atoms with E-state index in [0.29, 0.717) is 13.2 Å². The number of nitrogens with zero attached hydrogens (tertiary/aromatic N) is 3. The van der Waals surface area contributed by atoms with Gasteiger partial charge in [-0.1, -0.05) is 0 Å². The highest BCUT2D eigenvalue weighted by atomic mass is 16.5. The van der Waals surface area contributed by atoms with Crippen molar-refractivity contribution >= 4 is 6.09 Å². The first-order valence-electron chi connectivity index (χ1n) is 7.65. The van der Waals surface area contributed by atoms with Gasteiger partial charge in [0.15, 0.2) is 0 Å². The standard InChI is InChI=1S/C15H26N4O3/c1-11(19(14(20)21)15(2,3)4)9-22-10-12-7-13-8-16-5-6-18(13)17-12/h7,11,16H,5-6,8-10H2,1-4H3,(H,20,21). The van der Waals surface area contributed by atoms with Gasteiger partial charge in [-0.2, -0.15) is 5.10 Å². The molecule has 0 fully saturated rings. The topological polar surface area (TPSA) is 79.6 Å². The molecule has 0 aromatic carbocycles. The van der Waals surface area contributed by atoms with Gasteiger partial charge >= 0.3 is 6.09 Å². The van der Waals surface area contributed by atoms with Gasteiger partial charge in [0.2, 0.25) is 0 Å². The summed E-state index contributed by atoms with van der Waals surface area (Å²) in [5.74, 6) is 0. The molecule has 0 radical (unpaired) electrons. The van der Waals surface area contributed by atoms with E-state index in [9.17, 15) is 9.90 Å². The van der Waals surface area contributed by atoms with Crippen LogP contribution in [0.4, 0.5) is 4.79 Å². The Labute approximate surface area is 131 Å². The maximum Gasteiger partial charge on any atom is 0.408 e. The molecule has 1 amide bonds. The number of amides is 1. The molecule has 0 saturated heterocycles. The van der Waals surface area contributed by atoms with Gasteiger partial charge in [0.25, 0.3) is 0 Å². The molecule has 0 spiro atoms. The number of hydrogen-bond donors (Lipinski definition) is 2. The summed E-state index contributed by atoms with van der Waals surface area (Å²) in [4.78, 5) is 12.8. The Morgan fingerprint density at radius 2 is 2.32 bits per heavy atom. The summed E-state index contributed by atoms with van der Waals surface area (Å²) in [6.45, 7) is 10.9. The molecule has 0 bridgehead atoms. The number of carboxylic acid groups (broad SMARTS) is 1. The van der Waals surface area contributed by atoms with Crippen LogP contribution in [0.3, 0.4) is 0 Å². The maximum absolute atomic E-state index is 11.4. The van der Waals surface area contributed by atoms with Gasteiger partial charge in [-0.25, -0.2) is 4.79 Å². The van der Waals surface area contributed by atoms with Crippen molar-refractivity contribution in [3.05, 3.63) is 17.5 Å². The summed E-state index contributed by atoms with van der Waals surface area (Å²) >= 11 is 0. The Hall–Kier alpha value is -1.60. The van der Waals surface area contributed by atoms with Crippen LogP contribution in [0.2, 0.25) is 0 Å². The molecule has 22 heavy (non-hydrogen) atoms. The van der Waals surface area contributed by atoms with Crippen molar-refractivity contribution in [2.24, 2.45) is 0 Å². The first kappa shape index (κ1) is 16.8. The molecule has 1 aliphatic rings. The van der Waals surface area contributed by atoms with E-state index >= 15 is 0 Å². The lowest BCUT2D eigenvalue weighted by molar-refractivity contribution is 0.0209. The van der Waals surface area contributed by atoms with E-state index in [-0.39, 0.29) is 6.04 Å². The zero-order valence-electron chi connectivity index (χ0n) is 13.8. The van der Waals surface area contributed by atoms with Crippen molar-refractivity contribution < 1.29 is 14.6 Å². The van der Waals surface area contributed by atoms with Gasteiger partial charge in [-0.05, 0) is 33.8 Å². The van der Waals surface area contributed by atoms with Crippen LogP contribution in [0, 0.1) is 0 Å². The third-order valence-electron chi connectivity index (χ3n) is 3.70. The fourth-order valence-electron chi connectivity index (χ4n) is 2.87. The molecule has 7 heteroatoms. The third kappa shape index (κ3) is 3.98. The lowest BCUT2D eigenvalue weighted by Gasteiger charge is -2.37. The fourth-order valence-corrected chi connectivity index (χ4v) is 2.87. The molecule has 0 saturated carbocycles. The van der Waals surface area contributed by atoms with E-state index in [1.165, 1.54) is 10.6 Å². The number of carbonyl (C=O) groups is 1. The van der Waals surface area contributed by atoms with E-state index in [1.807, 2.05) is 38.4 Å². The summed E-state index contributed by atoms with van der Waals surface area (Å²) < 4.78 is 7.68. The number of fused-ring (bicyclic) bond motifs is 1. The van der Waals surface area contributed by atoms with Gasteiger partial charge in [-0.3, -0.25) is 9.58 Å². The van der Waals surface area contributed by atoms with E-state index in [4.69, 9.17) is 4.74 Å². The molecular weight excluding hydrogens is 284 g/mol. The minimum atomic E-state index is -0.924. The van der Waals surface area contributed by atoms with Crippen molar-refractivity contribution in [2.75, 3.05) is 13.2 Å². The molecular formula is C15H26N4O3. The minimum Gasteiger partial charge on any atom is -0.465 e. The third-order valence-corrected chi connectivity index (χ3v) is 3.70. The molecule has 2 heterocycles. The van der Waals surface area contributed by atoms with Gasteiger partial charge < -0.3 is 15.2 Å². The highest BCUT2D eigenvalue weighted by Crippen LogP contribution is 2.18. The largest absolute Gasteiger partial charge is 0.465 e. The smallest absolute Gasteiger partial charge is 0.408 e. The monoisotopic (exact) mass is 310 g/mol. The van der Waals surface area contributed by atoms with Crippen molar-refractivity contribution in [1.29, 1.82) is 0 Å². The molecule has 1 aromatic rings. The van der Waals surface area contributed by atoms with Crippen LogP contribution < -0.4 is 5.32 Å². The van der Waals surface area contributed by atoms with Crippen LogP contribution in [0.1, 0.15) is 39.1 Å². The molecule has 1 aliphatic heterocycles. The van der Waals surface area contributed by atoms with Gasteiger partial charge in [0, 0.05) is 18.6 Å². The highest BCUT2D eigenvalue weighted by Gasteiger charge is 2.30. The summed E-state index contributed by atoms with van der Waals surface area (Å²) in [6.07, 6.45) is -0.924. The second-order valence-corrected chi connectivity index (χ2v) is 6.71. The Kier molecular flexibility index (Phi) is 5.08. The lowest BCUT2D eigenvalue weighted by Crippen LogP contribution is -2.51. The lowest BCUT2D eigenvalue weighted by atomic mass is 10.0. The van der Waals surface area contributed by atoms with Crippen LogP contribution in [0.5, 0.6) is 0 Å². The van der Waals surface area contributed by atoms with E-state index in [2.05, 4.69) is 10.4 Å². The van der Waals surface area contributed by atoms with Crippen LogP contribution in [-0.4, -0.2) is 50.6 Å². The van der Waals surface area contributed by atoms with Gasteiger partial charge in [0.1, 0.15) is 0 Å². The maximum atomic E-state index is 11.4. The van der Waals surface area contributed by atoms with E-state index in [1.54, 1.807) is 0 Å². The summed E-state index contributed by atoms with van der Waals surface area (Å²) in [5.41, 5.74) is 1.61. The normalized spacial score (nSPS) is 16.2. The first-order valence-corrected chi connectivity index (χ1v) is 7.65. The first-order chi connectivity index (χ1) is 10.3. The molecule has 124 valence electrons. The van der Waals surface area contributed by atoms with Crippen molar-refractivity contribution in [3.63, 3.8) is 0 Å². The molecule has 2 rings (SSSR count). The van der Waals surface area contributed by atoms with E-state index in [0.717, 1.165) is 25.3 Å². The molecule has 7 nitrogen and oxygen atoms in total. The summed E-state index contributed by atoms with van der Waals surface area (Å²) in [5, 5.41) is 17.2. The second kappa shape index (κ2) is 6.66. The molecule has 1 aromatic heterocycles. The fraction of sp³-hybridized carbons (Fsp3) is 0.733. The van der Waals surface area contributed by atoms with Gasteiger partial charge in [-0.15, -0.1) is 0 Å². The zero-order valence-corrected chi connectivity index (χ0v) is 13.8. The molecule has 2 N–H and O–H groups in total. The zero-order chi connectivity index (χ0) is 16.3. The Bertz CT molecular complexity index is 498. The number of nitrogens with one attached hydrogen (secondary N) is 1. The Balaban J connectivity index is 1.87. The number of hydrogen-bond acceptors (Lipinski definition) is 4. The Morgan fingerprint density at radius 1 is 1.59 bits per heavy atom. The number of ether oxygens (including phenoxy) is 1. The predicted molar refractivity (Wildman–Crippen MR) is 82.7 cm³/mol. The molecule has 1 atom stereocenters. The average Bonchev–Trinajstić information content (AvgIpc) is 2.78. The molecule has 1 unspecified atom stereocenters. The molecule has 0 aliphatic carbocycles. The highest BCUT2D eigenvalue weighted by molar-refractivity contribution is 5.66. The second-order valence-electron chi connectivity index (χ2n) is 6.71. The number of aromatic nitrogens is 2. The van der Waals surface area contributed by atoms with Crippen LogP contribution in [0.25, 0.3) is 0 Å². The minimum absolute atomic E-state index is 0.212. The van der Waals surface area contributed by atoms with Crippen LogP contribution >= 0.6 is 0 Å². The summed E-state index contributed by atoms with van der Waals surface area (Å²) in [6, 6.07) is 1.83. The van der Waals surface area contributed by atoms with Crippen molar-refractivity contribution in [1.82, 2.24) is 20.0 Å². The SMILES string of the molecule is CC(COCc1cc2n(n1)CCNC2)N(C(=O)O)C(C)(C)C. The number of rotatable bonds is 5.